The minimum Gasteiger partial charge on any atom is -0.495 e. The molecule has 2 aromatic rings. The summed E-state index contributed by atoms with van der Waals surface area (Å²) in [6.45, 7) is 12.5. The number of benzene rings is 2. The standard InChI is InChI=1S/C64H85Cl2FN6O15S/c1-34(2)42(29-41(89)18-13-12-14-22-73-54(76)24-36(4)59(73)79)58(78)70-46(19-16-21-69-62(68)82)48(74)28-40-27-44(65)43(30-45(40)67)60(80)71(8)38(6)61(81)87-52-31-53(75)72(9)47-25-39(26-49(84-10)56(47)66)23-35(3)17-15-20-51(85-11)64(83)32-50(86-55(77)33-64)37(5)57-63(52,7)88-57/h15,17,20,25-27,30,34,36-38,42,46,50-52,57,83H,12-14,16,18-19,21-24,28-29,31-33H2,1-11H3,(H,70,78)(H3,68,69,82)/b20-15+,35-17+/t36?,37-,38+,42+,46+,50+,51-,52+,57+,63+,64-/m1/s1. The fraction of sp³-hybridized carbons (Fsp3) is 0.594. The third kappa shape index (κ3) is 18.0. The maximum Gasteiger partial charge on any atom is 0.328 e. The summed E-state index contributed by atoms with van der Waals surface area (Å²) >= 11 is 19.3. The first-order valence-electron chi connectivity index (χ1n) is 30.1. The Bertz CT molecular complexity index is 3110. The molecule has 11 atom stereocenters. The van der Waals surface area contributed by atoms with Crippen LogP contribution in [0, 0.1) is 29.5 Å². The second-order valence-electron chi connectivity index (χ2n) is 24.6. The zero-order chi connectivity index (χ0) is 66.0. The first-order valence-corrected chi connectivity index (χ1v) is 31.3. The molecule has 6 rings (SSSR count). The number of nitrogens with two attached hydrogens (primary N) is 1. The molecule has 488 valence electrons. The van der Waals surface area contributed by atoms with E-state index in [-0.39, 0.29) is 89.9 Å². The molecule has 3 saturated heterocycles. The van der Waals surface area contributed by atoms with E-state index in [9.17, 15) is 48.3 Å². The highest BCUT2D eigenvalue weighted by Gasteiger charge is 2.64. The molecule has 4 bridgehead atoms. The number of ether oxygens (including phenoxy) is 5. The van der Waals surface area contributed by atoms with Gasteiger partial charge in [0.2, 0.25) is 23.6 Å². The van der Waals surface area contributed by atoms with Crippen LogP contribution >= 0.6 is 35.4 Å². The van der Waals surface area contributed by atoms with Crippen LogP contribution in [0.25, 0.3) is 0 Å². The van der Waals surface area contributed by atoms with E-state index in [1.165, 1.54) is 45.0 Å². The summed E-state index contributed by atoms with van der Waals surface area (Å²) < 4.78 is 46.0. The zero-order valence-electron chi connectivity index (χ0n) is 52.5. The lowest BCUT2D eigenvalue weighted by atomic mass is 9.78. The van der Waals surface area contributed by atoms with Crippen LogP contribution in [0.1, 0.15) is 141 Å². The summed E-state index contributed by atoms with van der Waals surface area (Å²) in [5.41, 5.74) is 3.51. The topological polar surface area (TPSA) is 283 Å². The molecule has 89 heavy (non-hydrogen) atoms. The first-order chi connectivity index (χ1) is 41.8. The van der Waals surface area contributed by atoms with Crippen molar-refractivity contribution in [2.24, 2.45) is 29.4 Å². The molecule has 4 heterocycles. The molecule has 3 fully saturated rings. The number of nitrogens with zero attached hydrogens (tertiary/aromatic N) is 3. The quantitative estimate of drug-likeness (QED) is 0.0255. The van der Waals surface area contributed by atoms with Gasteiger partial charge in [-0.05, 0) is 112 Å². The number of amides is 7. The molecule has 21 nitrogen and oxygen atoms in total. The minimum absolute atomic E-state index is 0.0328. The van der Waals surface area contributed by atoms with Crippen LogP contribution in [0.4, 0.5) is 14.9 Å². The van der Waals surface area contributed by atoms with E-state index < -0.39 is 120 Å². The molecule has 25 heteroatoms. The number of epoxide rings is 1. The number of Topliss-reactive ketones (excluding diaryl/α,β-unsaturated/α-hetero) is 1. The number of likely N-dealkylation sites (tertiary alicyclic amines) is 1. The number of allylic oxidation sites excluding steroid dienone is 3. The number of rotatable bonds is 24. The lowest BCUT2D eigenvalue weighted by Crippen LogP contribution is -2.53. The predicted octanol–water partition coefficient (Wildman–Crippen LogP) is 7.90. The summed E-state index contributed by atoms with van der Waals surface area (Å²) in [6, 6.07) is 2.09. The van der Waals surface area contributed by atoms with Gasteiger partial charge in [0.05, 0.1) is 48.4 Å². The number of methoxy groups -OCH3 is 2. The summed E-state index contributed by atoms with van der Waals surface area (Å²) in [5, 5.41) is 17.2. The van der Waals surface area contributed by atoms with E-state index in [2.05, 4.69) is 10.6 Å². The number of nitrogens with one attached hydrogen (secondary N) is 2. The van der Waals surface area contributed by atoms with Gasteiger partial charge in [-0.3, -0.25) is 38.5 Å². The Morgan fingerprint density at radius 1 is 1.00 bits per heavy atom. The van der Waals surface area contributed by atoms with E-state index in [1.54, 1.807) is 45.1 Å². The molecule has 0 aliphatic carbocycles. The number of carbonyl (C=O) groups excluding carboxylic acids is 9. The van der Waals surface area contributed by atoms with Crippen molar-refractivity contribution >= 4 is 99.3 Å². The van der Waals surface area contributed by atoms with Gasteiger partial charge in [0, 0.05) is 71.3 Å². The second kappa shape index (κ2) is 31.1. The molecule has 5 N–H and O–H groups in total. The number of imide groups is 1. The number of unbranched alkanes of at least 4 members (excludes halogenated alkanes) is 2. The number of hydrogen-bond acceptors (Lipinski definition) is 16. The van der Waals surface area contributed by atoms with Crippen molar-refractivity contribution in [3.8, 4) is 5.75 Å². The van der Waals surface area contributed by atoms with Gasteiger partial charge >= 0.3 is 18.0 Å². The highest BCUT2D eigenvalue weighted by atomic mass is 35.5. The average molecular weight is 1300 g/mol. The first kappa shape index (κ1) is 71.7. The third-order valence-corrected chi connectivity index (χ3v) is 18.6. The summed E-state index contributed by atoms with van der Waals surface area (Å²) in [4.78, 5) is 125. The molecule has 0 spiro atoms. The van der Waals surface area contributed by atoms with Gasteiger partial charge in [-0.25, -0.2) is 14.0 Å². The van der Waals surface area contributed by atoms with E-state index in [1.807, 2.05) is 26.8 Å². The molecule has 0 radical (unpaired) electrons. The monoisotopic (exact) mass is 1300 g/mol. The van der Waals surface area contributed by atoms with Gasteiger partial charge in [0.25, 0.3) is 5.91 Å². The Kier molecular flexibility index (Phi) is 25.1. The fourth-order valence-corrected chi connectivity index (χ4v) is 12.7. The lowest BCUT2D eigenvalue weighted by Gasteiger charge is -2.41. The van der Waals surface area contributed by atoms with Crippen molar-refractivity contribution in [2.45, 2.75) is 180 Å². The van der Waals surface area contributed by atoms with Gasteiger partial charge in [0.15, 0.2) is 5.78 Å². The average Bonchev–Trinajstić information content (AvgIpc) is 1.60. The van der Waals surface area contributed by atoms with Crippen LogP contribution in [0.5, 0.6) is 5.75 Å². The van der Waals surface area contributed by atoms with Crippen LogP contribution in [-0.2, 0) is 65.4 Å². The molecule has 0 saturated carbocycles. The Morgan fingerprint density at radius 2 is 1.71 bits per heavy atom. The van der Waals surface area contributed by atoms with Gasteiger partial charge in [-0.2, -0.15) is 0 Å². The van der Waals surface area contributed by atoms with Gasteiger partial charge in [-0.15, -0.1) is 0 Å². The summed E-state index contributed by atoms with van der Waals surface area (Å²) in [5.74, 6) is -7.03. The molecule has 0 aromatic heterocycles. The Hall–Kier alpha value is -6.37. The molecular formula is C64H85Cl2FN6O15S. The number of ketones is 1. The highest BCUT2D eigenvalue weighted by molar-refractivity contribution is 7.80. The number of halogens is 3. The van der Waals surface area contributed by atoms with Gasteiger partial charge in [-0.1, -0.05) is 93.3 Å². The highest BCUT2D eigenvalue weighted by Crippen LogP contribution is 2.50. The molecule has 1 unspecified atom stereocenters. The Balaban J connectivity index is 1.17. The van der Waals surface area contributed by atoms with Crippen LogP contribution in [0.3, 0.4) is 0 Å². The summed E-state index contributed by atoms with van der Waals surface area (Å²) in [6.07, 6.45) is 3.38. The number of fused-ring (bicyclic) bond motifs is 5. The SMILES string of the molecule is COc1cc2cc(c1Cl)N(C)C(=O)C[C@H](OC(=O)[C@H](C)N(C)C(=O)c1cc(F)c(CC(=O)[C@H](CCCNC(N)=O)NC(=O)[C@@H](CC(=S)CCCCCN3C(=O)CC(C)C3=O)C(C)C)cc1Cl)[C@]1(C)O[C@H]1[C@H](C)[C@@H]1C[C@@](O)(CC(=O)O1)[C@H](OC)/C=C/C=C(\C)C2. The fourth-order valence-electron chi connectivity index (χ4n) is 11.8. The van der Waals surface area contributed by atoms with Crippen LogP contribution in [0.15, 0.2) is 48.1 Å². The predicted molar refractivity (Wildman–Crippen MR) is 335 cm³/mol. The van der Waals surface area contributed by atoms with Gasteiger partial charge < -0.3 is 55.0 Å². The molecule has 2 aromatic carbocycles. The van der Waals surface area contributed by atoms with E-state index in [0.29, 0.717) is 55.0 Å². The Morgan fingerprint density at radius 3 is 2.35 bits per heavy atom. The maximum absolute atomic E-state index is 16.3. The molecule has 4 aliphatic heterocycles. The van der Waals surface area contributed by atoms with Crippen molar-refractivity contribution < 1.29 is 76.3 Å². The van der Waals surface area contributed by atoms with Crippen LogP contribution in [-0.4, -0.2) is 162 Å². The van der Waals surface area contributed by atoms with Crippen molar-refractivity contribution in [3.05, 3.63) is 80.6 Å². The van der Waals surface area contributed by atoms with E-state index in [4.69, 9.17) is 64.8 Å². The zero-order valence-corrected chi connectivity index (χ0v) is 54.9. The maximum atomic E-state index is 16.3. The van der Waals surface area contributed by atoms with E-state index in [0.717, 1.165) is 28.2 Å². The number of likely N-dealkylation sites (N-methyl/N-ethyl adjacent to an activating group) is 1. The largest absolute Gasteiger partial charge is 0.495 e. The third-order valence-electron chi connectivity index (χ3n) is 17.5. The molecule has 4 aliphatic rings. The van der Waals surface area contributed by atoms with Gasteiger partial charge in [0.1, 0.15) is 52.1 Å². The molecular weight excluding hydrogens is 1210 g/mol. The minimum atomic E-state index is -1.69. The van der Waals surface area contributed by atoms with Crippen molar-refractivity contribution in [2.75, 3.05) is 46.3 Å². The number of anilines is 1. The van der Waals surface area contributed by atoms with E-state index >= 15 is 4.39 Å². The van der Waals surface area contributed by atoms with Crippen molar-refractivity contribution in [3.63, 3.8) is 0 Å². The smallest absolute Gasteiger partial charge is 0.328 e. The normalized spacial score (nSPS) is 25.8. The number of thiocarbonyl (C=S) groups is 1. The van der Waals surface area contributed by atoms with Crippen LogP contribution in [0.2, 0.25) is 10.0 Å². The Labute approximate surface area is 535 Å². The number of aliphatic hydroxyl groups is 1. The summed E-state index contributed by atoms with van der Waals surface area (Å²) in [7, 11) is 5.65. The number of urea groups is 1. The lowest BCUT2D eigenvalue weighted by molar-refractivity contribution is -0.187. The van der Waals surface area contributed by atoms with Crippen molar-refractivity contribution in [1.29, 1.82) is 0 Å². The van der Waals surface area contributed by atoms with Crippen LogP contribution < -0.4 is 26.0 Å². The molecule has 7 amide bonds. The number of esters is 2. The number of primary amides is 1. The van der Waals surface area contributed by atoms with Crippen molar-refractivity contribution in [1.82, 2.24) is 20.4 Å². The number of carbonyl (C=O) groups is 9. The number of hydrogen-bond donors (Lipinski definition) is 4. The second-order valence-corrected chi connectivity index (χ2v) is 25.9.